The summed E-state index contributed by atoms with van der Waals surface area (Å²) < 4.78 is 25.4. The maximum atomic E-state index is 14.0. The van der Waals surface area contributed by atoms with Crippen LogP contribution >= 0.6 is 0 Å². The molecule has 0 bridgehead atoms. The summed E-state index contributed by atoms with van der Waals surface area (Å²) in [4.78, 5) is 28.4. The zero-order chi connectivity index (χ0) is 22.7. The van der Waals surface area contributed by atoms with Gasteiger partial charge in [-0.3, -0.25) is 14.5 Å². The van der Waals surface area contributed by atoms with E-state index in [1.54, 1.807) is 54.5 Å². The fourth-order valence-electron chi connectivity index (χ4n) is 4.62. The van der Waals surface area contributed by atoms with Crippen LogP contribution in [0.5, 0.6) is 5.75 Å². The van der Waals surface area contributed by atoms with Crippen molar-refractivity contribution in [3.63, 3.8) is 0 Å². The maximum absolute atomic E-state index is 14.0. The van der Waals surface area contributed by atoms with Crippen molar-refractivity contribution in [3.05, 3.63) is 65.5 Å². The van der Waals surface area contributed by atoms with Crippen molar-refractivity contribution in [2.45, 2.75) is 50.9 Å². The van der Waals surface area contributed by atoms with Crippen LogP contribution in [0.15, 0.2) is 48.5 Å². The Hall–Kier alpha value is -2.93. The second-order valence-corrected chi connectivity index (χ2v) is 8.67. The van der Waals surface area contributed by atoms with Crippen LogP contribution < -0.4 is 10.1 Å². The third-order valence-electron chi connectivity index (χ3n) is 6.57. The Bertz CT molecular complexity index is 987. The Morgan fingerprint density at radius 2 is 1.94 bits per heavy atom. The minimum atomic E-state index is -0.799. The number of nitrogens with one attached hydrogen (secondary N) is 1. The molecule has 2 aromatic rings. The molecule has 0 unspecified atom stereocenters. The van der Waals surface area contributed by atoms with Gasteiger partial charge >= 0.3 is 0 Å². The van der Waals surface area contributed by atoms with Gasteiger partial charge < -0.3 is 14.8 Å². The number of benzene rings is 2. The highest BCUT2D eigenvalue weighted by Gasteiger charge is 2.53. The first-order valence-electron chi connectivity index (χ1n) is 11.1. The standard InChI is InChI=1S/C25H29FN2O4/c1-17-10-12-25(13-11-17)28(24(30)18-7-5-8-20(14-18)31-2)22(16-32-25)23(29)27-15-19-6-3-4-9-21(19)26/h3-9,14,17,22H,10-13,15-16H2,1-2H3,(H,27,29)/t17?,22-,25?/m0/s1. The van der Waals surface area contributed by atoms with E-state index in [4.69, 9.17) is 9.47 Å². The van der Waals surface area contributed by atoms with E-state index in [1.165, 1.54) is 6.07 Å². The fraction of sp³-hybridized carbons (Fsp3) is 0.440. The monoisotopic (exact) mass is 440 g/mol. The van der Waals surface area contributed by atoms with Crippen LogP contribution in [0.4, 0.5) is 4.39 Å². The van der Waals surface area contributed by atoms with Crippen LogP contribution in [-0.2, 0) is 16.1 Å². The molecule has 2 aliphatic rings. The molecule has 1 atom stereocenters. The van der Waals surface area contributed by atoms with Crippen molar-refractivity contribution in [3.8, 4) is 5.75 Å². The number of ether oxygens (including phenoxy) is 2. The van der Waals surface area contributed by atoms with Crippen molar-refractivity contribution >= 4 is 11.8 Å². The number of amides is 2. The third kappa shape index (κ3) is 4.35. The van der Waals surface area contributed by atoms with Crippen LogP contribution in [0.1, 0.15) is 48.5 Å². The molecule has 7 heteroatoms. The van der Waals surface area contributed by atoms with Gasteiger partial charge in [0.2, 0.25) is 5.91 Å². The molecule has 0 radical (unpaired) electrons. The van der Waals surface area contributed by atoms with E-state index in [0.29, 0.717) is 35.6 Å². The Balaban J connectivity index is 1.59. The molecular formula is C25H29FN2O4. The summed E-state index contributed by atoms with van der Waals surface area (Å²) in [5, 5.41) is 2.79. The summed E-state index contributed by atoms with van der Waals surface area (Å²) in [7, 11) is 1.55. The molecular weight excluding hydrogens is 411 g/mol. The number of rotatable bonds is 5. The van der Waals surface area contributed by atoms with Gasteiger partial charge in [0.25, 0.3) is 5.91 Å². The van der Waals surface area contributed by atoms with Gasteiger partial charge in [0, 0.05) is 17.7 Å². The normalized spacial score (nSPS) is 25.0. The summed E-state index contributed by atoms with van der Waals surface area (Å²) in [6.45, 7) is 2.36. The highest BCUT2D eigenvalue weighted by molar-refractivity contribution is 5.98. The van der Waals surface area contributed by atoms with Crippen molar-refractivity contribution in [1.82, 2.24) is 10.2 Å². The molecule has 170 valence electrons. The molecule has 1 aliphatic heterocycles. The zero-order valence-corrected chi connectivity index (χ0v) is 18.5. The molecule has 1 aliphatic carbocycles. The van der Waals surface area contributed by atoms with E-state index in [-0.39, 0.29) is 30.8 Å². The molecule has 2 amide bonds. The highest BCUT2D eigenvalue weighted by Crippen LogP contribution is 2.43. The van der Waals surface area contributed by atoms with Crippen molar-refractivity contribution in [2.75, 3.05) is 13.7 Å². The molecule has 1 N–H and O–H groups in total. The van der Waals surface area contributed by atoms with Crippen LogP contribution in [0.25, 0.3) is 0 Å². The zero-order valence-electron chi connectivity index (χ0n) is 18.5. The average Bonchev–Trinajstić information content (AvgIpc) is 3.18. The van der Waals surface area contributed by atoms with Crippen LogP contribution in [0.2, 0.25) is 0 Å². The first-order chi connectivity index (χ1) is 15.4. The Labute approximate surface area is 187 Å². The van der Waals surface area contributed by atoms with Crippen LogP contribution in [-0.4, -0.2) is 42.2 Å². The summed E-state index contributed by atoms with van der Waals surface area (Å²) >= 11 is 0. The molecule has 0 aromatic heterocycles. The van der Waals surface area contributed by atoms with Gasteiger partial charge in [0.1, 0.15) is 23.3 Å². The highest BCUT2D eigenvalue weighted by atomic mass is 19.1. The van der Waals surface area contributed by atoms with Gasteiger partial charge in [-0.15, -0.1) is 0 Å². The minimum absolute atomic E-state index is 0.0488. The topological polar surface area (TPSA) is 67.9 Å². The largest absolute Gasteiger partial charge is 0.497 e. The Morgan fingerprint density at radius 3 is 2.66 bits per heavy atom. The van der Waals surface area contributed by atoms with Gasteiger partial charge in [-0.25, -0.2) is 4.39 Å². The summed E-state index contributed by atoms with van der Waals surface area (Å²) in [6, 6.07) is 12.5. The lowest BCUT2D eigenvalue weighted by Gasteiger charge is -2.43. The number of hydrogen-bond donors (Lipinski definition) is 1. The first-order valence-corrected chi connectivity index (χ1v) is 11.1. The van der Waals surface area contributed by atoms with E-state index in [0.717, 1.165) is 12.8 Å². The number of methoxy groups -OCH3 is 1. The van der Waals surface area contributed by atoms with E-state index < -0.39 is 11.8 Å². The number of halogens is 1. The third-order valence-corrected chi connectivity index (χ3v) is 6.57. The van der Waals surface area contributed by atoms with Gasteiger partial charge in [-0.2, -0.15) is 0 Å². The molecule has 1 saturated heterocycles. The van der Waals surface area contributed by atoms with E-state index >= 15 is 0 Å². The molecule has 1 heterocycles. The lowest BCUT2D eigenvalue weighted by atomic mass is 9.83. The lowest BCUT2D eigenvalue weighted by molar-refractivity contribution is -0.128. The van der Waals surface area contributed by atoms with E-state index in [2.05, 4.69) is 12.2 Å². The molecule has 1 saturated carbocycles. The second kappa shape index (κ2) is 9.28. The number of nitrogens with zero attached hydrogens (tertiary/aromatic N) is 1. The SMILES string of the molecule is COc1cccc(C(=O)N2[C@H](C(=O)NCc3ccccc3F)COC23CCC(C)CC3)c1. The van der Waals surface area contributed by atoms with Gasteiger partial charge in [-0.1, -0.05) is 31.2 Å². The maximum Gasteiger partial charge on any atom is 0.257 e. The van der Waals surface area contributed by atoms with Gasteiger partial charge in [0.15, 0.2) is 0 Å². The Kier molecular flexibility index (Phi) is 6.46. The minimum Gasteiger partial charge on any atom is -0.497 e. The lowest BCUT2D eigenvalue weighted by Crippen LogP contribution is -2.56. The molecule has 6 nitrogen and oxygen atoms in total. The van der Waals surface area contributed by atoms with Crippen molar-refractivity contribution in [1.29, 1.82) is 0 Å². The van der Waals surface area contributed by atoms with E-state index in [9.17, 15) is 14.0 Å². The molecule has 32 heavy (non-hydrogen) atoms. The average molecular weight is 441 g/mol. The molecule has 2 aromatic carbocycles. The smallest absolute Gasteiger partial charge is 0.257 e. The summed E-state index contributed by atoms with van der Waals surface area (Å²) in [6.07, 6.45) is 3.21. The first kappa shape index (κ1) is 22.3. The molecule has 4 rings (SSSR count). The number of hydrogen-bond acceptors (Lipinski definition) is 4. The van der Waals surface area contributed by atoms with Crippen molar-refractivity contribution < 1.29 is 23.5 Å². The molecule has 2 fully saturated rings. The van der Waals surface area contributed by atoms with Crippen molar-refractivity contribution in [2.24, 2.45) is 5.92 Å². The van der Waals surface area contributed by atoms with Gasteiger partial charge in [-0.05, 0) is 55.9 Å². The van der Waals surface area contributed by atoms with Crippen LogP contribution in [0, 0.1) is 11.7 Å². The number of carbonyl (C=O) groups excluding carboxylic acids is 2. The van der Waals surface area contributed by atoms with Crippen LogP contribution in [0.3, 0.4) is 0 Å². The fourth-order valence-corrected chi connectivity index (χ4v) is 4.62. The predicted molar refractivity (Wildman–Crippen MR) is 118 cm³/mol. The predicted octanol–water partition coefficient (Wildman–Crippen LogP) is 3.90. The van der Waals surface area contributed by atoms with E-state index in [1.807, 2.05) is 0 Å². The second-order valence-electron chi connectivity index (χ2n) is 8.67. The molecule has 1 spiro atoms. The quantitative estimate of drug-likeness (QED) is 0.766. The van der Waals surface area contributed by atoms with Gasteiger partial charge in [0.05, 0.1) is 13.7 Å². The number of carbonyl (C=O) groups is 2. The Morgan fingerprint density at radius 1 is 1.19 bits per heavy atom. The summed E-state index contributed by atoms with van der Waals surface area (Å²) in [5.74, 6) is 0.134. The summed E-state index contributed by atoms with van der Waals surface area (Å²) in [5.41, 5.74) is 0.0403.